The Labute approximate surface area is 102 Å². The van der Waals surface area contributed by atoms with Gasteiger partial charge in [0.25, 0.3) is 0 Å². The molecule has 1 heterocycles. The molecule has 3 nitrogen and oxygen atoms in total. The van der Waals surface area contributed by atoms with Crippen molar-refractivity contribution in [1.82, 2.24) is 0 Å². The molecule has 0 aromatic heterocycles. The monoisotopic (exact) mass is 234 g/mol. The minimum atomic E-state index is 0.147. The molecule has 2 atom stereocenters. The van der Waals surface area contributed by atoms with E-state index in [0.717, 1.165) is 30.9 Å². The van der Waals surface area contributed by atoms with Gasteiger partial charge in [-0.1, -0.05) is 6.08 Å². The molecule has 0 aliphatic carbocycles. The highest BCUT2D eigenvalue weighted by atomic mass is 16.6. The van der Waals surface area contributed by atoms with Gasteiger partial charge in [-0.3, -0.25) is 0 Å². The molecule has 1 aliphatic heterocycles. The van der Waals surface area contributed by atoms with E-state index < -0.39 is 0 Å². The zero-order valence-electron chi connectivity index (χ0n) is 10.1. The van der Waals surface area contributed by atoms with Crippen LogP contribution in [0.4, 0.5) is 0 Å². The van der Waals surface area contributed by atoms with E-state index in [0.29, 0.717) is 6.10 Å². The van der Waals surface area contributed by atoms with Gasteiger partial charge in [-0.2, -0.15) is 0 Å². The largest absolute Gasteiger partial charge is 0.497 e. The van der Waals surface area contributed by atoms with Crippen LogP contribution in [-0.4, -0.2) is 25.9 Å². The third-order valence-electron chi connectivity index (χ3n) is 2.72. The Bertz CT molecular complexity index is 354. The number of ether oxygens (including phenoxy) is 3. The van der Waals surface area contributed by atoms with Crippen LogP contribution in [0.25, 0.3) is 0 Å². The Morgan fingerprint density at radius 1 is 1.41 bits per heavy atom. The molecule has 0 bridgehead atoms. The Morgan fingerprint density at radius 2 is 2.06 bits per heavy atom. The van der Waals surface area contributed by atoms with E-state index in [2.05, 4.69) is 6.58 Å². The van der Waals surface area contributed by atoms with Crippen LogP contribution in [0.15, 0.2) is 36.9 Å². The maximum absolute atomic E-state index is 5.90. The molecule has 1 aromatic rings. The van der Waals surface area contributed by atoms with Gasteiger partial charge in [0.05, 0.1) is 19.8 Å². The van der Waals surface area contributed by atoms with Crippen molar-refractivity contribution < 1.29 is 14.2 Å². The predicted octanol–water partition coefficient (Wildman–Crippen LogP) is 2.81. The van der Waals surface area contributed by atoms with Crippen molar-refractivity contribution in [2.45, 2.75) is 25.0 Å². The first-order valence-electron chi connectivity index (χ1n) is 5.85. The zero-order chi connectivity index (χ0) is 12.1. The van der Waals surface area contributed by atoms with Crippen LogP contribution >= 0.6 is 0 Å². The average Bonchev–Trinajstić information content (AvgIpc) is 3.14. The third kappa shape index (κ3) is 3.79. The fourth-order valence-corrected chi connectivity index (χ4v) is 1.72. The molecule has 17 heavy (non-hydrogen) atoms. The van der Waals surface area contributed by atoms with Crippen LogP contribution < -0.4 is 9.47 Å². The van der Waals surface area contributed by atoms with E-state index in [9.17, 15) is 0 Å². The highest BCUT2D eigenvalue weighted by molar-refractivity contribution is 5.31. The van der Waals surface area contributed by atoms with Gasteiger partial charge in [0, 0.05) is 12.8 Å². The third-order valence-corrected chi connectivity index (χ3v) is 2.72. The summed E-state index contributed by atoms with van der Waals surface area (Å²) in [5.41, 5.74) is 0. The van der Waals surface area contributed by atoms with Crippen molar-refractivity contribution in [3.63, 3.8) is 0 Å². The van der Waals surface area contributed by atoms with E-state index in [4.69, 9.17) is 14.2 Å². The summed E-state index contributed by atoms with van der Waals surface area (Å²) in [5.74, 6) is 1.70. The topological polar surface area (TPSA) is 31.0 Å². The van der Waals surface area contributed by atoms with Crippen molar-refractivity contribution in [3.8, 4) is 11.5 Å². The number of hydrogen-bond acceptors (Lipinski definition) is 3. The molecule has 2 unspecified atom stereocenters. The molecule has 2 rings (SSSR count). The van der Waals surface area contributed by atoms with Gasteiger partial charge in [-0.05, 0) is 24.3 Å². The van der Waals surface area contributed by atoms with Gasteiger partial charge < -0.3 is 14.2 Å². The smallest absolute Gasteiger partial charge is 0.120 e. The Kier molecular flexibility index (Phi) is 4.04. The second kappa shape index (κ2) is 5.73. The molecular weight excluding hydrogens is 216 g/mol. The fraction of sp³-hybridized carbons (Fsp3) is 0.429. The fourth-order valence-electron chi connectivity index (χ4n) is 1.72. The molecule has 0 amide bonds. The first-order valence-corrected chi connectivity index (χ1v) is 5.85. The number of benzene rings is 1. The highest BCUT2D eigenvalue weighted by Gasteiger charge is 2.27. The number of hydrogen-bond donors (Lipinski definition) is 0. The van der Waals surface area contributed by atoms with Gasteiger partial charge in [0.15, 0.2) is 0 Å². The molecule has 1 saturated heterocycles. The van der Waals surface area contributed by atoms with Crippen LogP contribution in [-0.2, 0) is 4.74 Å². The summed E-state index contributed by atoms with van der Waals surface area (Å²) in [6.07, 6.45) is 4.17. The number of methoxy groups -OCH3 is 1. The van der Waals surface area contributed by atoms with Gasteiger partial charge in [0.1, 0.15) is 17.6 Å². The second-order valence-corrected chi connectivity index (χ2v) is 4.13. The standard InChI is InChI=1S/C14H18O3/c1-3-4-13(9-14-10-16-14)17-12-7-5-11(15-2)6-8-12/h3,5-8,13-14H,1,4,9-10H2,2H3. The molecule has 1 fully saturated rings. The molecule has 0 spiro atoms. The summed E-state index contributed by atoms with van der Waals surface area (Å²) in [7, 11) is 1.65. The van der Waals surface area contributed by atoms with Crippen LogP contribution in [0.5, 0.6) is 11.5 Å². The molecular formula is C14H18O3. The zero-order valence-corrected chi connectivity index (χ0v) is 10.1. The van der Waals surface area contributed by atoms with E-state index in [1.165, 1.54) is 0 Å². The molecule has 0 saturated carbocycles. The molecule has 0 N–H and O–H groups in total. The predicted molar refractivity (Wildman–Crippen MR) is 66.6 cm³/mol. The lowest BCUT2D eigenvalue weighted by molar-refractivity contribution is 0.179. The van der Waals surface area contributed by atoms with Crippen molar-refractivity contribution in [1.29, 1.82) is 0 Å². The van der Waals surface area contributed by atoms with Gasteiger partial charge in [-0.15, -0.1) is 6.58 Å². The Morgan fingerprint density at radius 3 is 2.59 bits per heavy atom. The molecule has 1 aromatic carbocycles. The van der Waals surface area contributed by atoms with Crippen LogP contribution in [0.3, 0.4) is 0 Å². The summed E-state index contributed by atoms with van der Waals surface area (Å²) in [5, 5.41) is 0. The van der Waals surface area contributed by atoms with Crippen LogP contribution in [0.1, 0.15) is 12.8 Å². The normalized spacial score (nSPS) is 19.5. The lowest BCUT2D eigenvalue weighted by Crippen LogP contribution is -2.18. The van der Waals surface area contributed by atoms with Crippen molar-refractivity contribution in [3.05, 3.63) is 36.9 Å². The summed E-state index contributed by atoms with van der Waals surface area (Å²) in [6, 6.07) is 7.63. The minimum Gasteiger partial charge on any atom is -0.497 e. The lowest BCUT2D eigenvalue weighted by atomic mass is 10.1. The minimum absolute atomic E-state index is 0.147. The van der Waals surface area contributed by atoms with Crippen molar-refractivity contribution in [2.75, 3.05) is 13.7 Å². The summed E-state index contributed by atoms with van der Waals surface area (Å²) in [4.78, 5) is 0. The lowest BCUT2D eigenvalue weighted by Gasteiger charge is -2.17. The number of rotatable bonds is 7. The van der Waals surface area contributed by atoms with Crippen LogP contribution in [0.2, 0.25) is 0 Å². The molecule has 92 valence electrons. The quantitative estimate of drug-likeness (QED) is 0.537. The van der Waals surface area contributed by atoms with Crippen LogP contribution in [0, 0.1) is 0 Å². The SMILES string of the molecule is C=CCC(CC1CO1)Oc1ccc(OC)cc1. The highest BCUT2D eigenvalue weighted by Crippen LogP contribution is 2.23. The van der Waals surface area contributed by atoms with E-state index >= 15 is 0 Å². The Hall–Kier alpha value is -1.48. The number of epoxide rings is 1. The molecule has 1 aliphatic rings. The molecule has 0 radical (unpaired) electrons. The summed E-state index contributed by atoms with van der Waals surface area (Å²) in [6.45, 7) is 4.62. The Balaban J connectivity index is 1.92. The summed E-state index contributed by atoms with van der Waals surface area (Å²) < 4.78 is 16.2. The maximum Gasteiger partial charge on any atom is 0.120 e. The first-order chi connectivity index (χ1) is 8.31. The maximum atomic E-state index is 5.90. The van der Waals surface area contributed by atoms with E-state index in [1.54, 1.807) is 7.11 Å². The first kappa shape index (κ1) is 12.0. The van der Waals surface area contributed by atoms with Crippen molar-refractivity contribution in [2.24, 2.45) is 0 Å². The van der Waals surface area contributed by atoms with Gasteiger partial charge in [-0.25, -0.2) is 0 Å². The molecule has 3 heteroatoms. The van der Waals surface area contributed by atoms with E-state index in [-0.39, 0.29) is 6.10 Å². The summed E-state index contributed by atoms with van der Waals surface area (Å²) >= 11 is 0. The van der Waals surface area contributed by atoms with Gasteiger partial charge in [0.2, 0.25) is 0 Å². The van der Waals surface area contributed by atoms with E-state index in [1.807, 2.05) is 30.3 Å². The van der Waals surface area contributed by atoms with Crippen molar-refractivity contribution >= 4 is 0 Å². The average molecular weight is 234 g/mol. The van der Waals surface area contributed by atoms with Gasteiger partial charge >= 0.3 is 0 Å². The second-order valence-electron chi connectivity index (χ2n) is 4.13.